The lowest BCUT2D eigenvalue weighted by atomic mass is 9.82. The minimum atomic E-state index is 0.327. The Kier molecular flexibility index (Phi) is 5.60. The lowest BCUT2D eigenvalue weighted by Crippen LogP contribution is -2.72. The molecule has 3 fully saturated rings. The van der Waals surface area contributed by atoms with Crippen molar-refractivity contribution in [2.75, 3.05) is 22.9 Å². The van der Waals surface area contributed by atoms with Crippen molar-refractivity contribution in [3.8, 4) is 17.3 Å². The van der Waals surface area contributed by atoms with E-state index in [9.17, 15) is 0 Å². The van der Waals surface area contributed by atoms with Gasteiger partial charge in [0.25, 0.3) is 0 Å². The Morgan fingerprint density at radius 3 is 2.59 bits per heavy atom. The van der Waals surface area contributed by atoms with Gasteiger partial charge in [-0.2, -0.15) is 5.26 Å². The number of piperidine rings is 1. The fraction of sp³-hybridized carbons (Fsp3) is 0.407. The lowest BCUT2D eigenvalue weighted by Gasteiger charge is -2.55. The van der Waals surface area contributed by atoms with Gasteiger partial charge in [-0.3, -0.25) is 0 Å². The predicted octanol–water partition coefficient (Wildman–Crippen LogP) is 3.78. The van der Waals surface area contributed by atoms with Crippen molar-refractivity contribution in [1.29, 1.82) is 5.26 Å². The third-order valence-corrected chi connectivity index (χ3v) is 7.62. The van der Waals surface area contributed by atoms with Crippen LogP contribution in [0.3, 0.4) is 0 Å². The van der Waals surface area contributed by atoms with Crippen molar-refractivity contribution >= 4 is 11.6 Å². The Balaban J connectivity index is 1.31. The molecule has 3 aromatic rings. The molecule has 2 aromatic heterocycles. The molecular weight excluding hydrogens is 422 g/mol. The molecule has 7 heteroatoms. The van der Waals surface area contributed by atoms with Gasteiger partial charge in [0, 0.05) is 43.0 Å². The van der Waals surface area contributed by atoms with Gasteiger partial charge in [-0.1, -0.05) is 43.2 Å². The van der Waals surface area contributed by atoms with E-state index >= 15 is 0 Å². The number of hydrogen-bond donors (Lipinski definition) is 1. The van der Waals surface area contributed by atoms with Crippen molar-refractivity contribution in [2.45, 2.75) is 56.3 Å². The molecule has 1 saturated carbocycles. The molecule has 2 saturated heterocycles. The molecule has 0 amide bonds. The van der Waals surface area contributed by atoms with Crippen LogP contribution in [0.2, 0.25) is 0 Å². The van der Waals surface area contributed by atoms with E-state index in [-0.39, 0.29) is 0 Å². The summed E-state index contributed by atoms with van der Waals surface area (Å²) in [5.74, 6) is 0.864. The number of nitrogens with zero attached hydrogens (tertiary/aromatic N) is 6. The van der Waals surface area contributed by atoms with Gasteiger partial charge in [0.2, 0.25) is 5.95 Å². The van der Waals surface area contributed by atoms with E-state index in [1.54, 1.807) is 0 Å². The van der Waals surface area contributed by atoms with Crippen LogP contribution in [0.5, 0.6) is 0 Å². The van der Waals surface area contributed by atoms with Crippen LogP contribution in [0.1, 0.15) is 37.8 Å². The highest BCUT2D eigenvalue weighted by atomic mass is 15.4. The molecule has 172 valence electrons. The fourth-order valence-corrected chi connectivity index (χ4v) is 6.01. The van der Waals surface area contributed by atoms with Gasteiger partial charge in [-0.05, 0) is 37.5 Å². The Hall–Kier alpha value is -3.50. The van der Waals surface area contributed by atoms with Crippen molar-refractivity contribution in [3.05, 3.63) is 66.6 Å². The molecule has 1 aromatic carbocycles. The molecule has 4 heterocycles. The quantitative estimate of drug-likeness (QED) is 0.649. The van der Waals surface area contributed by atoms with Crippen LogP contribution in [-0.4, -0.2) is 52.2 Å². The third-order valence-electron chi connectivity index (χ3n) is 7.62. The Labute approximate surface area is 200 Å². The maximum absolute atomic E-state index is 9.08. The molecule has 0 bridgehead atoms. The Bertz CT molecular complexity index is 1170. The molecule has 4 atom stereocenters. The van der Waals surface area contributed by atoms with Gasteiger partial charge >= 0.3 is 0 Å². The zero-order valence-corrected chi connectivity index (χ0v) is 19.2. The molecule has 7 nitrogen and oxygen atoms in total. The summed E-state index contributed by atoms with van der Waals surface area (Å²) < 4.78 is 0. The first-order chi connectivity index (χ1) is 16.8. The number of aromatic nitrogens is 3. The second kappa shape index (κ2) is 9.03. The number of anilines is 2. The van der Waals surface area contributed by atoms with E-state index in [2.05, 4.69) is 50.4 Å². The van der Waals surface area contributed by atoms with Gasteiger partial charge < -0.3 is 15.1 Å². The van der Waals surface area contributed by atoms with Crippen LogP contribution in [0.25, 0.3) is 11.3 Å². The number of pyridine rings is 1. The monoisotopic (exact) mass is 451 g/mol. The highest BCUT2D eigenvalue weighted by molar-refractivity contribution is 5.60. The average Bonchev–Trinajstić information content (AvgIpc) is 2.92. The van der Waals surface area contributed by atoms with Crippen LogP contribution in [0.15, 0.2) is 60.9 Å². The van der Waals surface area contributed by atoms with Crippen molar-refractivity contribution < 1.29 is 0 Å². The number of nitrogens with one attached hydrogen (secondary N) is 1. The summed E-state index contributed by atoms with van der Waals surface area (Å²) in [6.45, 7) is 1.86. The normalized spacial score (nSPS) is 26.3. The summed E-state index contributed by atoms with van der Waals surface area (Å²) in [5.41, 5.74) is 3.65. The van der Waals surface area contributed by atoms with E-state index in [1.807, 2.05) is 36.7 Å². The smallest absolute Gasteiger partial charge is 0.226 e. The lowest BCUT2D eigenvalue weighted by molar-refractivity contribution is 0.187. The van der Waals surface area contributed by atoms with Crippen LogP contribution in [0.4, 0.5) is 11.6 Å². The number of fused-ring (bicyclic) bond motifs is 2. The molecule has 1 N–H and O–H groups in total. The maximum Gasteiger partial charge on any atom is 0.226 e. The molecule has 0 spiro atoms. The fourth-order valence-electron chi connectivity index (χ4n) is 6.01. The zero-order chi connectivity index (χ0) is 22.9. The summed E-state index contributed by atoms with van der Waals surface area (Å²) in [7, 11) is 0. The van der Waals surface area contributed by atoms with Crippen LogP contribution in [0, 0.1) is 11.3 Å². The van der Waals surface area contributed by atoms with Crippen LogP contribution >= 0.6 is 0 Å². The van der Waals surface area contributed by atoms with Gasteiger partial charge in [0.1, 0.15) is 11.8 Å². The number of piperazine rings is 1. The van der Waals surface area contributed by atoms with Crippen molar-refractivity contribution in [3.63, 3.8) is 0 Å². The van der Waals surface area contributed by atoms with Crippen LogP contribution < -0.4 is 15.1 Å². The molecule has 6 rings (SSSR count). The molecule has 1 aliphatic carbocycles. The highest BCUT2D eigenvalue weighted by Crippen LogP contribution is 2.36. The number of benzene rings is 1. The van der Waals surface area contributed by atoms with Gasteiger partial charge in [0.15, 0.2) is 0 Å². The maximum atomic E-state index is 9.08. The topological polar surface area (TPSA) is 81.0 Å². The van der Waals surface area contributed by atoms with E-state index in [4.69, 9.17) is 15.2 Å². The molecule has 2 aliphatic heterocycles. The van der Waals surface area contributed by atoms with Gasteiger partial charge in [-0.15, -0.1) is 0 Å². The summed E-state index contributed by atoms with van der Waals surface area (Å²) in [6, 6.07) is 19.9. The third kappa shape index (κ3) is 3.88. The van der Waals surface area contributed by atoms with Gasteiger partial charge in [-0.25, -0.2) is 15.0 Å². The second-order valence-corrected chi connectivity index (χ2v) is 9.56. The number of rotatable bonds is 3. The summed E-state index contributed by atoms with van der Waals surface area (Å²) in [5, 5.41) is 13.1. The first-order valence-corrected chi connectivity index (χ1v) is 12.3. The minimum Gasteiger partial charge on any atom is -0.369 e. The predicted molar refractivity (Wildman–Crippen MR) is 132 cm³/mol. The molecule has 1 unspecified atom stereocenters. The van der Waals surface area contributed by atoms with E-state index in [0.29, 0.717) is 29.9 Å². The minimum absolute atomic E-state index is 0.327. The van der Waals surface area contributed by atoms with E-state index in [0.717, 1.165) is 42.4 Å². The zero-order valence-electron chi connectivity index (χ0n) is 19.2. The SMILES string of the molecule is N#Cc1ccc(N2CCC3[C@@H](C2)N[C@@H]2CCCC[C@H]2N3c2nccc(-c3ccccc3)n2)cn1. The largest absolute Gasteiger partial charge is 0.369 e. The second-order valence-electron chi connectivity index (χ2n) is 9.56. The number of nitriles is 1. The molecule has 34 heavy (non-hydrogen) atoms. The standard InChI is InChI=1S/C27H29N7/c28-16-20-10-11-21(17-30-20)33-15-13-26-24(18-33)31-23-8-4-5-9-25(23)34(26)27-29-14-12-22(32-27)19-6-2-1-3-7-19/h1-3,6-7,10-12,14,17,23-26,31H,4-5,8-9,13,15,18H2/t23-,24-,25-,26?/m1/s1. The van der Waals surface area contributed by atoms with Crippen molar-refractivity contribution in [1.82, 2.24) is 20.3 Å². The Morgan fingerprint density at radius 1 is 0.912 bits per heavy atom. The van der Waals surface area contributed by atoms with Crippen LogP contribution in [-0.2, 0) is 0 Å². The first-order valence-electron chi connectivity index (χ1n) is 12.3. The van der Waals surface area contributed by atoms with E-state index in [1.165, 1.54) is 25.7 Å². The highest BCUT2D eigenvalue weighted by Gasteiger charge is 2.46. The summed E-state index contributed by atoms with van der Waals surface area (Å²) in [4.78, 5) is 19.1. The van der Waals surface area contributed by atoms with Crippen molar-refractivity contribution in [2.24, 2.45) is 0 Å². The summed E-state index contributed by atoms with van der Waals surface area (Å²) in [6.07, 6.45) is 9.68. The number of hydrogen-bond acceptors (Lipinski definition) is 7. The average molecular weight is 452 g/mol. The van der Waals surface area contributed by atoms with Gasteiger partial charge in [0.05, 0.1) is 23.6 Å². The molecule has 3 aliphatic rings. The van der Waals surface area contributed by atoms with E-state index < -0.39 is 0 Å². The summed E-state index contributed by atoms with van der Waals surface area (Å²) >= 11 is 0. The Morgan fingerprint density at radius 2 is 1.76 bits per heavy atom. The molecular formula is C27H29N7. The molecule has 0 radical (unpaired) electrons. The first kappa shape index (κ1) is 21.1.